The van der Waals surface area contributed by atoms with Crippen molar-refractivity contribution in [3.8, 4) is 11.1 Å². The number of hydrogen-bond donors (Lipinski definition) is 2. The Kier molecular flexibility index (Phi) is 10.5. The summed E-state index contributed by atoms with van der Waals surface area (Å²) in [6, 6.07) is 9.95. The van der Waals surface area contributed by atoms with Crippen molar-refractivity contribution in [3.63, 3.8) is 0 Å². The minimum atomic E-state index is -0.276. The average molecular weight is 652 g/mol. The summed E-state index contributed by atoms with van der Waals surface area (Å²) in [5, 5.41) is 8.30. The van der Waals surface area contributed by atoms with E-state index in [4.69, 9.17) is 4.98 Å². The number of nitrogens with one attached hydrogen (secondary N) is 2. The lowest BCUT2D eigenvalue weighted by molar-refractivity contribution is -0.132. The number of allylic oxidation sites excluding steroid dienone is 1. The molecule has 1 fully saturated rings. The molecule has 1 aromatic carbocycles. The molecule has 1 aliphatic heterocycles. The van der Waals surface area contributed by atoms with Crippen LogP contribution in [-0.2, 0) is 11.3 Å². The van der Waals surface area contributed by atoms with E-state index in [1.54, 1.807) is 6.20 Å². The normalized spacial score (nSPS) is 14.7. The topological polar surface area (TPSA) is 116 Å². The van der Waals surface area contributed by atoms with Gasteiger partial charge in [-0.05, 0) is 87.4 Å². The Morgan fingerprint density at radius 2 is 1.83 bits per heavy atom. The van der Waals surface area contributed by atoms with Gasteiger partial charge in [0.05, 0.1) is 17.3 Å². The number of pyridine rings is 2. The first-order chi connectivity index (χ1) is 22.9. The molecule has 1 unspecified atom stereocenters. The molecule has 10 nitrogen and oxygen atoms in total. The smallest absolute Gasteiger partial charge is 0.253 e. The maximum atomic E-state index is 13.6. The van der Waals surface area contributed by atoms with Gasteiger partial charge in [-0.15, -0.1) is 6.58 Å². The average Bonchev–Trinajstić information content (AvgIpc) is 3.51. The van der Waals surface area contributed by atoms with Crippen molar-refractivity contribution in [3.05, 3.63) is 88.1 Å². The zero-order chi connectivity index (χ0) is 34.6. The van der Waals surface area contributed by atoms with Crippen LogP contribution < -0.4 is 15.8 Å². The van der Waals surface area contributed by atoms with E-state index in [1.165, 1.54) is 0 Å². The Morgan fingerprint density at radius 1 is 1.08 bits per heavy atom. The van der Waals surface area contributed by atoms with Gasteiger partial charge in [0.15, 0.2) is 0 Å². The monoisotopic (exact) mass is 651 g/mol. The Bertz CT molecular complexity index is 1850. The summed E-state index contributed by atoms with van der Waals surface area (Å²) in [6.07, 6.45) is 8.91. The number of fused-ring (bicyclic) bond motifs is 1. The molecule has 1 saturated heterocycles. The molecule has 10 heteroatoms. The molecular weight excluding hydrogens is 602 g/mol. The van der Waals surface area contributed by atoms with Gasteiger partial charge in [-0.2, -0.15) is 5.10 Å². The van der Waals surface area contributed by atoms with Gasteiger partial charge in [0.2, 0.25) is 5.91 Å². The minimum absolute atomic E-state index is 0.0942. The number of carbonyl (C=O) groups excluding carboxylic acids is 2. The van der Waals surface area contributed by atoms with Gasteiger partial charge in [-0.25, -0.2) is 4.98 Å². The van der Waals surface area contributed by atoms with Crippen LogP contribution in [0.5, 0.6) is 0 Å². The first kappa shape index (κ1) is 34.6. The fraction of sp³-hybridized carbons (Fsp3) is 0.447. The van der Waals surface area contributed by atoms with Crippen LogP contribution >= 0.6 is 0 Å². The number of aryl methyl sites for hydroxylation is 2. The number of anilines is 1. The van der Waals surface area contributed by atoms with Gasteiger partial charge in [0.1, 0.15) is 5.82 Å². The molecule has 48 heavy (non-hydrogen) atoms. The minimum Gasteiger partial charge on any atom is -0.353 e. The molecule has 0 radical (unpaired) electrons. The second kappa shape index (κ2) is 14.6. The first-order valence-corrected chi connectivity index (χ1v) is 17.0. The van der Waals surface area contributed by atoms with Crippen molar-refractivity contribution in [2.75, 3.05) is 31.1 Å². The molecule has 3 aromatic heterocycles. The number of rotatable bonds is 12. The van der Waals surface area contributed by atoms with Crippen LogP contribution in [0.3, 0.4) is 0 Å². The quantitative estimate of drug-likeness (QED) is 0.173. The van der Waals surface area contributed by atoms with Crippen molar-refractivity contribution in [2.24, 2.45) is 5.41 Å². The number of aromatic amines is 1. The van der Waals surface area contributed by atoms with Gasteiger partial charge in [0, 0.05) is 73.6 Å². The Balaban J connectivity index is 1.31. The van der Waals surface area contributed by atoms with Gasteiger partial charge >= 0.3 is 0 Å². The lowest BCUT2D eigenvalue weighted by Crippen LogP contribution is -2.49. The summed E-state index contributed by atoms with van der Waals surface area (Å²) >= 11 is 0. The van der Waals surface area contributed by atoms with Gasteiger partial charge < -0.3 is 20.1 Å². The zero-order valence-corrected chi connectivity index (χ0v) is 29.2. The van der Waals surface area contributed by atoms with Crippen LogP contribution in [0.4, 0.5) is 5.82 Å². The van der Waals surface area contributed by atoms with Crippen LogP contribution in [-0.4, -0.2) is 62.6 Å². The highest BCUT2D eigenvalue weighted by molar-refractivity contribution is 6.08. The van der Waals surface area contributed by atoms with Crippen molar-refractivity contribution in [1.82, 2.24) is 30.0 Å². The number of benzene rings is 1. The molecule has 0 saturated carbocycles. The summed E-state index contributed by atoms with van der Waals surface area (Å²) < 4.78 is 1.91. The molecule has 0 bridgehead atoms. The van der Waals surface area contributed by atoms with Crippen LogP contribution in [0.2, 0.25) is 0 Å². The summed E-state index contributed by atoms with van der Waals surface area (Å²) in [4.78, 5) is 51.0. The maximum Gasteiger partial charge on any atom is 0.253 e. The van der Waals surface area contributed by atoms with Gasteiger partial charge in [-0.1, -0.05) is 26.3 Å². The number of carbonyl (C=O) groups is 2. The summed E-state index contributed by atoms with van der Waals surface area (Å²) in [5.41, 5.74) is 5.15. The first-order valence-electron chi connectivity index (χ1n) is 17.0. The summed E-state index contributed by atoms with van der Waals surface area (Å²) in [6.45, 7) is 19.0. The SMILES string of the molecule is C=CCC(C)(CC)CCC(=O)N1CCN(c2ccc(-c3cc(C(=O)NCc4c(C)cc(C)[nH]c4=O)c4cnn(C(C)C)c4c3)cn2)CC1. The summed E-state index contributed by atoms with van der Waals surface area (Å²) in [5.74, 6) is 0.806. The second-order valence-electron chi connectivity index (χ2n) is 13.7. The number of nitrogens with zero attached hydrogens (tertiary/aromatic N) is 5. The van der Waals surface area contributed by atoms with E-state index in [0.29, 0.717) is 30.6 Å². The molecule has 2 amide bonds. The van der Waals surface area contributed by atoms with Gasteiger partial charge in [0.25, 0.3) is 11.5 Å². The fourth-order valence-electron chi connectivity index (χ4n) is 6.54. The van der Waals surface area contributed by atoms with Crippen LogP contribution in [0.25, 0.3) is 22.0 Å². The van der Waals surface area contributed by atoms with E-state index in [0.717, 1.165) is 71.5 Å². The standard InChI is InChI=1S/C38H49N7O3/c1-8-13-38(7,9-2)14-12-35(46)44-17-15-43(16-18-44)34-11-10-28(22-39-34)29-20-30(32-24-41-45(25(3)4)33(32)21-29)36(47)40-23-31-26(5)19-27(6)42-37(31)48/h8,10-11,19-22,24-25H,1,9,12-18,23H2,2-7H3,(H,40,47)(H,42,48). The second-order valence-corrected chi connectivity index (χ2v) is 13.7. The van der Waals surface area contributed by atoms with Crippen molar-refractivity contribution in [2.45, 2.75) is 79.8 Å². The predicted octanol–water partition coefficient (Wildman–Crippen LogP) is 6.34. The van der Waals surface area contributed by atoms with Crippen molar-refractivity contribution >= 4 is 28.5 Å². The Labute approximate surface area is 283 Å². The molecule has 2 N–H and O–H groups in total. The Hall–Kier alpha value is -4.73. The lowest BCUT2D eigenvalue weighted by Gasteiger charge is -2.36. The highest BCUT2D eigenvalue weighted by Crippen LogP contribution is 2.33. The molecule has 5 rings (SSSR count). The molecule has 1 aliphatic rings. The van der Waals surface area contributed by atoms with Crippen LogP contribution in [0, 0.1) is 19.3 Å². The van der Waals surface area contributed by atoms with E-state index >= 15 is 0 Å². The van der Waals surface area contributed by atoms with Crippen LogP contribution in [0.15, 0.2) is 60.2 Å². The zero-order valence-electron chi connectivity index (χ0n) is 29.2. The number of H-pyrrole nitrogens is 1. The van der Waals surface area contributed by atoms with Gasteiger partial charge in [-0.3, -0.25) is 19.1 Å². The van der Waals surface area contributed by atoms with E-state index in [2.05, 4.69) is 54.6 Å². The van der Waals surface area contributed by atoms with Crippen LogP contribution in [0.1, 0.15) is 86.6 Å². The molecule has 254 valence electrons. The highest BCUT2D eigenvalue weighted by Gasteiger charge is 2.26. The van der Waals surface area contributed by atoms with E-state index < -0.39 is 0 Å². The fourth-order valence-corrected chi connectivity index (χ4v) is 6.54. The molecule has 0 spiro atoms. The number of hydrogen-bond acceptors (Lipinski definition) is 6. The molecule has 4 aromatic rings. The Morgan fingerprint density at radius 3 is 2.46 bits per heavy atom. The number of aromatic nitrogens is 4. The van der Waals surface area contributed by atoms with Crippen molar-refractivity contribution < 1.29 is 9.59 Å². The van der Waals surface area contributed by atoms with E-state index in [-0.39, 0.29) is 35.4 Å². The predicted molar refractivity (Wildman–Crippen MR) is 192 cm³/mol. The molecule has 0 aliphatic carbocycles. The third kappa shape index (κ3) is 7.53. The number of piperazine rings is 1. The van der Waals surface area contributed by atoms with Crippen molar-refractivity contribution in [1.29, 1.82) is 0 Å². The highest BCUT2D eigenvalue weighted by atomic mass is 16.2. The molecule has 1 atom stereocenters. The maximum absolute atomic E-state index is 13.6. The number of amides is 2. The lowest BCUT2D eigenvalue weighted by atomic mass is 9.79. The third-order valence-corrected chi connectivity index (χ3v) is 9.84. The van der Waals surface area contributed by atoms with E-state index in [1.807, 2.05) is 66.0 Å². The largest absolute Gasteiger partial charge is 0.353 e. The van der Waals surface area contributed by atoms with E-state index in [9.17, 15) is 14.4 Å². The summed E-state index contributed by atoms with van der Waals surface area (Å²) in [7, 11) is 0. The molecular formula is C38H49N7O3. The third-order valence-electron chi connectivity index (χ3n) is 9.84. The molecule has 4 heterocycles.